The Labute approximate surface area is 162 Å². The van der Waals surface area contributed by atoms with Crippen molar-refractivity contribution >= 4 is 23.2 Å². The van der Waals surface area contributed by atoms with E-state index in [1.807, 2.05) is 35.7 Å². The molecule has 0 saturated carbocycles. The van der Waals surface area contributed by atoms with Gasteiger partial charge in [0.15, 0.2) is 0 Å². The topological polar surface area (TPSA) is 76.7 Å². The summed E-state index contributed by atoms with van der Waals surface area (Å²) in [5.41, 5.74) is 0.658. The van der Waals surface area contributed by atoms with E-state index < -0.39 is 11.8 Å². The van der Waals surface area contributed by atoms with Crippen LogP contribution in [0.4, 0.5) is 0 Å². The highest BCUT2D eigenvalue weighted by molar-refractivity contribution is 7.10. The second-order valence-corrected chi connectivity index (χ2v) is 7.49. The summed E-state index contributed by atoms with van der Waals surface area (Å²) in [6.07, 6.45) is 1.66. The number of para-hydroxylation sites is 1. The van der Waals surface area contributed by atoms with Crippen LogP contribution in [-0.2, 0) is 26.3 Å². The molecule has 1 aromatic heterocycles. The van der Waals surface area contributed by atoms with E-state index in [2.05, 4.69) is 16.7 Å². The van der Waals surface area contributed by atoms with Gasteiger partial charge in [-0.15, -0.1) is 11.3 Å². The molecule has 0 aliphatic carbocycles. The summed E-state index contributed by atoms with van der Waals surface area (Å²) < 4.78 is 10.7. The lowest BCUT2D eigenvalue weighted by Gasteiger charge is -2.36. The minimum absolute atomic E-state index is 0.162. The normalized spacial score (nSPS) is 15.7. The second kappa shape index (κ2) is 9.01. The third-order valence-corrected chi connectivity index (χ3v) is 6.04. The molecule has 1 aliphatic rings. The Morgan fingerprint density at radius 2 is 1.85 bits per heavy atom. The number of methoxy groups -OCH3 is 1. The van der Waals surface area contributed by atoms with Crippen LogP contribution in [0.15, 0.2) is 41.8 Å². The van der Waals surface area contributed by atoms with Crippen LogP contribution in [-0.4, -0.2) is 38.7 Å². The smallest absolute Gasteiger partial charge is 0.309 e. The average Bonchev–Trinajstić information content (AvgIpc) is 3.26. The molecule has 2 aromatic rings. The first-order valence-electron chi connectivity index (χ1n) is 8.94. The van der Waals surface area contributed by atoms with Crippen LogP contribution in [0.2, 0.25) is 0 Å². The first-order chi connectivity index (χ1) is 13.1. The van der Waals surface area contributed by atoms with Gasteiger partial charge in [0.2, 0.25) is 0 Å². The maximum Gasteiger partial charge on any atom is 0.309 e. The van der Waals surface area contributed by atoms with Crippen LogP contribution in [0.5, 0.6) is 5.75 Å². The van der Waals surface area contributed by atoms with Crippen molar-refractivity contribution in [2.75, 3.05) is 26.9 Å². The maximum atomic E-state index is 12.3. The number of ether oxygens (including phenoxy) is 2. The summed E-state index contributed by atoms with van der Waals surface area (Å²) in [5.74, 6) is -0.585. The lowest BCUT2D eigenvalue weighted by molar-refractivity contribution is -0.139. The lowest BCUT2D eigenvalue weighted by Crippen LogP contribution is -2.48. The van der Waals surface area contributed by atoms with Crippen LogP contribution >= 0.6 is 11.3 Å². The van der Waals surface area contributed by atoms with Gasteiger partial charge in [-0.25, -0.2) is 0 Å². The Balaban J connectivity index is 1.57. The summed E-state index contributed by atoms with van der Waals surface area (Å²) in [4.78, 5) is 25.7. The zero-order valence-corrected chi connectivity index (χ0v) is 16.1. The highest BCUT2D eigenvalue weighted by Gasteiger charge is 2.36. The molecular weight excluding hydrogens is 364 g/mol. The number of carbonyl (C=O) groups is 2. The van der Waals surface area contributed by atoms with Crippen molar-refractivity contribution in [3.05, 3.63) is 52.2 Å². The number of nitrogens with one attached hydrogen (secondary N) is 2. The molecule has 0 unspecified atom stereocenters. The fraction of sp³-hybridized carbons (Fsp3) is 0.400. The molecule has 1 fully saturated rings. The Morgan fingerprint density at radius 3 is 2.56 bits per heavy atom. The van der Waals surface area contributed by atoms with E-state index in [1.54, 1.807) is 18.4 Å². The van der Waals surface area contributed by atoms with E-state index in [9.17, 15) is 9.59 Å². The minimum atomic E-state index is -0.644. The first-order valence-corrected chi connectivity index (χ1v) is 9.82. The van der Waals surface area contributed by atoms with Crippen LogP contribution < -0.4 is 15.4 Å². The molecule has 0 radical (unpaired) electrons. The molecule has 6 nitrogen and oxygen atoms in total. The molecule has 1 saturated heterocycles. The number of benzene rings is 1. The molecule has 2 heterocycles. The van der Waals surface area contributed by atoms with Crippen molar-refractivity contribution in [2.24, 2.45) is 0 Å². The number of hydrogen-bond acceptors (Lipinski definition) is 5. The summed E-state index contributed by atoms with van der Waals surface area (Å²) >= 11 is 1.68. The van der Waals surface area contributed by atoms with Gasteiger partial charge < -0.3 is 20.1 Å². The fourth-order valence-corrected chi connectivity index (χ4v) is 4.27. The highest BCUT2D eigenvalue weighted by atomic mass is 32.1. The van der Waals surface area contributed by atoms with E-state index in [1.165, 1.54) is 4.88 Å². The fourth-order valence-electron chi connectivity index (χ4n) is 3.29. The highest BCUT2D eigenvalue weighted by Crippen LogP contribution is 2.36. The number of rotatable bonds is 6. The Hall–Kier alpha value is -2.38. The molecule has 0 bridgehead atoms. The van der Waals surface area contributed by atoms with E-state index in [-0.39, 0.29) is 12.0 Å². The van der Waals surface area contributed by atoms with Gasteiger partial charge in [0, 0.05) is 42.2 Å². The zero-order valence-electron chi connectivity index (χ0n) is 15.3. The monoisotopic (exact) mass is 388 g/mol. The average molecular weight is 388 g/mol. The Bertz CT molecular complexity index is 770. The number of thiophene rings is 1. The second-order valence-electron chi connectivity index (χ2n) is 6.55. The van der Waals surface area contributed by atoms with E-state index in [0.717, 1.165) is 18.4 Å². The molecular formula is C20H24N2O4S. The first kappa shape index (κ1) is 19.4. The van der Waals surface area contributed by atoms with Crippen LogP contribution in [0.3, 0.4) is 0 Å². The van der Waals surface area contributed by atoms with Crippen LogP contribution in [0, 0.1) is 0 Å². The van der Waals surface area contributed by atoms with E-state index in [0.29, 0.717) is 25.5 Å². The minimum Gasteiger partial charge on any atom is -0.496 e. The van der Waals surface area contributed by atoms with Gasteiger partial charge in [-0.1, -0.05) is 24.3 Å². The predicted molar refractivity (Wildman–Crippen MR) is 104 cm³/mol. The Kier molecular flexibility index (Phi) is 6.47. The SMILES string of the molecule is COc1ccccc1CNC(=O)C(=O)NCC1(c2cccs2)CCOCC1. The van der Waals surface area contributed by atoms with Gasteiger partial charge >= 0.3 is 11.8 Å². The predicted octanol–water partition coefficient (Wildman–Crippen LogP) is 2.24. The van der Waals surface area contributed by atoms with Gasteiger partial charge in [-0.05, 0) is 30.4 Å². The molecule has 0 atom stereocenters. The molecule has 3 rings (SSSR count). The van der Waals surface area contributed by atoms with Crippen molar-refractivity contribution in [3.8, 4) is 5.75 Å². The largest absolute Gasteiger partial charge is 0.496 e. The van der Waals surface area contributed by atoms with Crippen molar-refractivity contribution in [1.29, 1.82) is 0 Å². The van der Waals surface area contributed by atoms with Crippen molar-refractivity contribution < 1.29 is 19.1 Å². The number of carbonyl (C=O) groups excluding carboxylic acids is 2. The van der Waals surface area contributed by atoms with Gasteiger partial charge in [-0.3, -0.25) is 9.59 Å². The molecule has 7 heteroatoms. The summed E-state index contributed by atoms with van der Waals surface area (Å²) in [6.45, 7) is 1.99. The molecule has 0 spiro atoms. The molecule has 1 aromatic carbocycles. The van der Waals surface area contributed by atoms with Crippen molar-refractivity contribution in [3.63, 3.8) is 0 Å². The van der Waals surface area contributed by atoms with Crippen molar-refractivity contribution in [2.45, 2.75) is 24.8 Å². The van der Waals surface area contributed by atoms with Crippen LogP contribution in [0.1, 0.15) is 23.3 Å². The molecule has 2 amide bonds. The zero-order chi connectivity index (χ0) is 19.1. The number of hydrogen-bond donors (Lipinski definition) is 2. The maximum absolute atomic E-state index is 12.3. The lowest BCUT2D eigenvalue weighted by atomic mass is 9.78. The molecule has 2 N–H and O–H groups in total. The molecule has 1 aliphatic heterocycles. The third-order valence-electron chi connectivity index (χ3n) is 4.92. The third kappa shape index (κ3) is 4.67. The molecule has 27 heavy (non-hydrogen) atoms. The van der Waals surface area contributed by atoms with Gasteiger partial charge in [0.1, 0.15) is 5.75 Å². The number of amides is 2. The summed E-state index contributed by atoms with van der Waals surface area (Å²) in [7, 11) is 1.57. The van der Waals surface area contributed by atoms with Crippen molar-refractivity contribution in [1.82, 2.24) is 10.6 Å². The van der Waals surface area contributed by atoms with E-state index >= 15 is 0 Å². The van der Waals surface area contributed by atoms with Gasteiger partial charge in [0.05, 0.1) is 7.11 Å². The van der Waals surface area contributed by atoms with Gasteiger partial charge in [-0.2, -0.15) is 0 Å². The van der Waals surface area contributed by atoms with Crippen LogP contribution in [0.25, 0.3) is 0 Å². The Morgan fingerprint density at radius 1 is 1.11 bits per heavy atom. The van der Waals surface area contributed by atoms with Gasteiger partial charge in [0.25, 0.3) is 0 Å². The molecule has 144 valence electrons. The quantitative estimate of drug-likeness (QED) is 0.744. The summed E-state index contributed by atoms with van der Waals surface area (Å²) in [6, 6.07) is 11.5. The van der Waals surface area contributed by atoms with E-state index in [4.69, 9.17) is 9.47 Å². The summed E-state index contributed by atoms with van der Waals surface area (Å²) in [5, 5.41) is 7.51. The standard InChI is InChI=1S/C20H24N2O4S/c1-25-16-6-3-2-5-15(16)13-21-18(23)19(24)22-14-20(8-10-26-11-9-20)17-7-4-12-27-17/h2-7,12H,8-11,13-14H2,1H3,(H,21,23)(H,22,24).